The summed E-state index contributed by atoms with van der Waals surface area (Å²) in [6.45, 7) is 3.99. The number of nitrogens with one attached hydrogen (secondary N) is 3. The Hall–Kier alpha value is -1.43. The van der Waals surface area contributed by atoms with Crippen LogP contribution in [0.25, 0.3) is 0 Å². The third kappa shape index (κ3) is 9.75. The van der Waals surface area contributed by atoms with Crippen LogP contribution in [0.2, 0.25) is 5.15 Å². The van der Waals surface area contributed by atoms with E-state index in [-0.39, 0.29) is 29.7 Å². The van der Waals surface area contributed by atoms with Crippen LogP contribution in [0.1, 0.15) is 23.6 Å². The fourth-order valence-electron chi connectivity index (χ4n) is 2.42. The van der Waals surface area contributed by atoms with Gasteiger partial charge in [-0.25, -0.2) is 23.1 Å². The Morgan fingerprint density at radius 2 is 1.72 bits per heavy atom. The second-order valence-electron chi connectivity index (χ2n) is 6.14. The molecular weight excluding hydrogens is 525 g/mol. The summed E-state index contributed by atoms with van der Waals surface area (Å²) in [6, 6.07) is 11.2. The standard InChI is InChI=1S/C19H26ClN5O2S.HI/c1-3-22-19(23-11-10-16-8-9-18(20)24-12-16)25-13-15-4-6-17(7-5-15)14-28(26,27)21-2;/h4-9,12,21H,3,10-11,13-14H2,1-2H3,(H2,22,23,25);1H. The molecule has 10 heteroatoms. The molecule has 2 aromatic rings. The molecule has 0 unspecified atom stereocenters. The third-order valence-electron chi connectivity index (χ3n) is 3.95. The zero-order valence-electron chi connectivity index (χ0n) is 16.5. The first kappa shape index (κ1) is 25.6. The highest BCUT2D eigenvalue weighted by atomic mass is 127. The predicted molar refractivity (Wildman–Crippen MR) is 129 cm³/mol. The molecule has 0 atom stereocenters. The molecule has 1 aromatic carbocycles. The molecule has 1 heterocycles. The van der Waals surface area contributed by atoms with Crippen molar-refractivity contribution in [1.82, 2.24) is 20.3 Å². The van der Waals surface area contributed by atoms with Gasteiger partial charge in [0, 0.05) is 19.3 Å². The van der Waals surface area contributed by atoms with Crippen molar-refractivity contribution in [2.45, 2.75) is 25.6 Å². The number of rotatable bonds is 9. The van der Waals surface area contributed by atoms with Crippen molar-refractivity contribution in [1.29, 1.82) is 0 Å². The van der Waals surface area contributed by atoms with Crippen LogP contribution in [0.5, 0.6) is 0 Å². The number of guanidine groups is 1. The molecular formula is C19H27ClIN5O2S. The molecule has 0 saturated heterocycles. The molecule has 0 aliphatic carbocycles. The Kier molecular flexibility index (Phi) is 11.5. The van der Waals surface area contributed by atoms with Crippen LogP contribution in [-0.2, 0) is 28.7 Å². The van der Waals surface area contributed by atoms with Crippen LogP contribution in [0, 0.1) is 0 Å². The van der Waals surface area contributed by atoms with Crippen molar-refractivity contribution in [2.75, 3.05) is 20.1 Å². The molecule has 7 nitrogen and oxygen atoms in total. The lowest BCUT2D eigenvalue weighted by atomic mass is 10.1. The quantitative estimate of drug-likeness (QED) is 0.193. The van der Waals surface area contributed by atoms with E-state index in [4.69, 9.17) is 11.6 Å². The molecule has 2 rings (SSSR count). The summed E-state index contributed by atoms with van der Waals surface area (Å²) in [7, 11) is -1.85. The van der Waals surface area contributed by atoms with E-state index in [1.165, 1.54) is 7.05 Å². The smallest absolute Gasteiger partial charge is 0.215 e. The van der Waals surface area contributed by atoms with Crippen LogP contribution < -0.4 is 15.4 Å². The fourth-order valence-corrected chi connectivity index (χ4v) is 3.31. The van der Waals surface area contributed by atoms with Crippen molar-refractivity contribution >= 4 is 51.6 Å². The van der Waals surface area contributed by atoms with E-state index in [1.807, 2.05) is 37.3 Å². The Labute approximate surface area is 194 Å². The zero-order valence-corrected chi connectivity index (χ0v) is 20.4. The number of halogens is 2. The van der Waals surface area contributed by atoms with Gasteiger partial charge in [-0.15, -0.1) is 24.0 Å². The van der Waals surface area contributed by atoms with Crippen molar-refractivity contribution in [2.24, 2.45) is 4.99 Å². The maximum atomic E-state index is 11.6. The van der Waals surface area contributed by atoms with E-state index < -0.39 is 10.0 Å². The van der Waals surface area contributed by atoms with Gasteiger partial charge in [0.15, 0.2) is 5.96 Å². The van der Waals surface area contributed by atoms with Gasteiger partial charge in [-0.1, -0.05) is 41.9 Å². The highest BCUT2D eigenvalue weighted by Crippen LogP contribution is 2.09. The van der Waals surface area contributed by atoms with E-state index in [0.29, 0.717) is 11.7 Å². The van der Waals surface area contributed by atoms with Crippen LogP contribution in [0.4, 0.5) is 0 Å². The molecule has 0 bridgehead atoms. The van der Waals surface area contributed by atoms with Crippen LogP contribution in [-0.4, -0.2) is 39.5 Å². The minimum Gasteiger partial charge on any atom is -0.357 e. The number of hydrogen-bond acceptors (Lipinski definition) is 4. The van der Waals surface area contributed by atoms with E-state index in [9.17, 15) is 8.42 Å². The highest BCUT2D eigenvalue weighted by Gasteiger charge is 2.08. The molecule has 0 spiro atoms. The minimum absolute atomic E-state index is 0. The van der Waals surface area contributed by atoms with Gasteiger partial charge in [-0.05, 0) is 43.1 Å². The maximum absolute atomic E-state index is 11.6. The molecule has 160 valence electrons. The summed E-state index contributed by atoms with van der Waals surface area (Å²) in [5.74, 6) is 0.697. The Morgan fingerprint density at radius 3 is 2.31 bits per heavy atom. The number of nitrogens with zero attached hydrogens (tertiary/aromatic N) is 2. The zero-order chi connectivity index (χ0) is 20.4. The average molecular weight is 552 g/mol. The van der Waals surface area contributed by atoms with Crippen molar-refractivity contribution < 1.29 is 8.42 Å². The number of sulfonamides is 1. The van der Waals surface area contributed by atoms with Gasteiger partial charge in [0.25, 0.3) is 0 Å². The van der Waals surface area contributed by atoms with Gasteiger partial charge in [0.1, 0.15) is 5.15 Å². The van der Waals surface area contributed by atoms with Gasteiger partial charge in [0.2, 0.25) is 10.0 Å². The largest absolute Gasteiger partial charge is 0.357 e. The second kappa shape index (κ2) is 13.0. The second-order valence-corrected chi connectivity index (χ2v) is 8.45. The SMILES string of the molecule is CCNC(=NCc1ccc(CS(=O)(=O)NC)cc1)NCCc1ccc(Cl)nc1.I. The van der Waals surface area contributed by atoms with Gasteiger partial charge >= 0.3 is 0 Å². The Balaban J connectivity index is 0.00000420. The highest BCUT2D eigenvalue weighted by molar-refractivity contribution is 14.0. The monoisotopic (exact) mass is 551 g/mol. The maximum Gasteiger partial charge on any atom is 0.215 e. The molecule has 0 radical (unpaired) electrons. The molecule has 3 N–H and O–H groups in total. The van der Waals surface area contributed by atoms with E-state index in [1.54, 1.807) is 12.3 Å². The summed E-state index contributed by atoms with van der Waals surface area (Å²) in [4.78, 5) is 8.65. The van der Waals surface area contributed by atoms with Crippen LogP contribution >= 0.6 is 35.6 Å². The third-order valence-corrected chi connectivity index (χ3v) is 5.51. The minimum atomic E-state index is -3.26. The lowest BCUT2D eigenvalue weighted by Gasteiger charge is -2.11. The Morgan fingerprint density at radius 1 is 1.07 bits per heavy atom. The van der Waals surface area contributed by atoms with E-state index in [0.717, 1.165) is 42.2 Å². The first-order chi connectivity index (χ1) is 13.4. The fraction of sp³-hybridized carbons (Fsp3) is 0.368. The van der Waals surface area contributed by atoms with Crippen LogP contribution in [0.15, 0.2) is 47.6 Å². The van der Waals surface area contributed by atoms with Gasteiger partial charge < -0.3 is 10.6 Å². The molecule has 1 aromatic heterocycles. The summed E-state index contributed by atoms with van der Waals surface area (Å²) in [5.41, 5.74) is 2.84. The van der Waals surface area contributed by atoms with Gasteiger partial charge in [-0.3, -0.25) is 0 Å². The molecule has 0 fully saturated rings. The van der Waals surface area contributed by atoms with E-state index >= 15 is 0 Å². The lowest BCUT2D eigenvalue weighted by molar-refractivity contribution is 0.587. The Bertz CT molecular complexity index is 874. The summed E-state index contributed by atoms with van der Waals surface area (Å²) >= 11 is 5.80. The van der Waals surface area contributed by atoms with E-state index in [2.05, 4.69) is 25.3 Å². The summed E-state index contributed by atoms with van der Waals surface area (Å²) in [6.07, 6.45) is 2.58. The summed E-state index contributed by atoms with van der Waals surface area (Å²) in [5, 5.41) is 6.99. The van der Waals surface area contributed by atoms with Crippen molar-refractivity contribution in [3.05, 3.63) is 64.4 Å². The van der Waals surface area contributed by atoms with Crippen molar-refractivity contribution in [3.8, 4) is 0 Å². The normalized spacial score (nSPS) is 11.6. The number of aromatic nitrogens is 1. The molecule has 29 heavy (non-hydrogen) atoms. The van der Waals surface area contributed by atoms with Gasteiger partial charge in [-0.2, -0.15) is 0 Å². The predicted octanol–water partition coefficient (Wildman–Crippen LogP) is 2.70. The summed E-state index contributed by atoms with van der Waals surface area (Å²) < 4.78 is 25.5. The van der Waals surface area contributed by atoms with Gasteiger partial charge in [0.05, 0.1) is 12.3 Å². The number of hydrogen-bond donors (Lipinski definition) is 3. The average Bonchev–Trinajstić information content (AvgIpc) is 2.68. The first-order valence-electron chi connectivity index (χ1n) is 9.03. The van der Waals surface area contributed by atoms with Crippen molar-refractivity contribution in [3.63, 3.8) is 0 Å². The molecule has 0 amide bonds. The topological polar surface area (TPSA) is 95.5 Å². The molecule has 0 aliphatic rings. The number of benzene rings is 1. The lowest BCUT2D eigenvalue weighted by Crippen LogP contribution is -2.38. The molecule has 0 saturated carbocycles. The first-order valence-corrected chi connectivity index (χ1v) is 11.1. The van der Waals surface area contributed by atoms with Crippen LogP contribution in [0.3, 0.4) is 0 Å². The number of pyridine rings is 1. The molecule has 0 aliphatic heterocycles. The number of aliphatic imine (C=N–C) groups is 1.